The lowest BCUT2D eigenvalue weighted by Gasteiger charge is -1.97. The summed E-state index contributed by atoms with van der Waals surface area (Å²) in [5.41, 5.74) is 5.48. The van der Waals surface area contributed by atoms with Crippen LogP contribution < -0.4 is 5.73 Å². The Balaban J connectivity index is 3.34. The summed E-state index contributed by atoms with van der Waals surface area (Å²) in [4.78, 5) is 3.97. The Morgan fingerprint density at radius 3 is 3.00 bits per heavy atom. The van der Waals surface area contributed by atoms with Crippen LogP contribution in [0.1, 0.15) is 6.42 Å². The zero-order chi connectivity index (χ0) is 8.53. The molecule has 0 unspecified atom stereocenters. The topological polar surface area (TPSA) is 58.6 Å². The van der Waals surface area contributed by atoms with E-state index in [2.05, 4.69) is 11.6 Å². The molecule has 0 amide bonds. The van der Waals surface area contributed by atoms with Crippen molar-refractivity contribution in [2.24, 2.45) is 10.7 Å². The van der Waals surface area contributed by atoms with Crippen molar-refractivity contribution < 1.29 is 5.11 Å². The third-order valence-electron chi connectivity index (χ3n) is 0.929. The molecule has 0 aliphatic rings. The molecule has 0 aromatic heterocycles. The van der Waals surface area contributed by atoms with Crippen LogP contribution in [-0.4, -0.2) is 29.2 Å². The van der Waals surface area contributed by atoms with Gasteiger partial charge in [0.05, 0.1) is 6.54 Å². The average molecular weight is 174 g/mol. The van der Waals surface area contributed by atoms with Gasteiger partial charge in [-0.15, -0.1) is 6.58 Å². The van der Waals surface area contributed by atoms with Crippen LogP contribution in [0.15, 0.2) is 17.6 Å². The van der Waals surface area contributed by atoms with Gasteiger partial charge >= 0.3 is 0 Å². The van der Waals surface area contributed by atoms with Gasteiger partial charge in [-0.3, -0.25) is 4.99 Å². The van der Waals surface area contributed by atoms with Crippen molar-refractivity contribution in [2.75, 3.05) is 18.9 Å². The summed E-state index contributed by atoms with van der Waals surface area (Å²) >= 11 is 1.46. The van der Waals surface area contributed by atoms with Crippen molar-refractivity contribution in [1.82, 2.24) is 0 Å². The Morgan fingerprint density at radius 2 is 2.45 bits per heavy atom. The molecule has 0 spiro atoms. The standard InChI is InChI=1S/C7H14N2OS/c1-2-4-9-7(8)11-6-3-5-10/h2,10H,1,3-6H2,(H2,8,9). The van der Waals surface area contributed by atoms with Gasteiger partial charge in [0.2, 0.25) is 0 Å². The summed E-state index contributed by atoms with van der Waals surface area (Å²) in [6.07, 6.45) is 2.45. The normalized spacial score (nSPS) is 11.5. The fourth-order valence-corrected chi connectivity index (χ4v) is 1.09. The molecule has 0 rings (SSSR count). The lowest BCUT2D eigenvalue weighted by Crippen LogP contribution is -2.08. The van der Waals surface area contributed by atoms with Crippen LogP contribution in [0.5, 0.6) is 0 Å². The highest BCUT2D eigenvalue weighted by Gasteiger charge is 1.91. The molecule has 0 saturated heterocycles. The van der Waals surface area contributed by atoms with E-state index in [0.29, 0.717) is 11.7 Å². The van der Waals surface area contributed by atoms with Gasteiger partial charge in [-0.05, 0) is 6.42 Å². The molecule has 0 fully saturated rings. The van der Waals surface area contributed by atoms with E-state index in [1.165, 1.54) is 11.8 Å². The van der Waals surface area contributed by atoms with Crippen molar-refractivity contribution >= 4 is 16.9 Å². The van der Waals surface area contributed by atoms with Gasteiger partial charge in [-0.1, -0.05) is 17.8 Å². The Morgan fingerprint density at radius 1 is 1.73 bits per heavy atom. The second-order valence-corrected chi connectivity index (χ2v) is 3.01. The summed E-state index contributed by atoms with van der Waals surface area (Å²) in [7, 11) is 0. The maximum atomic E-state index is 8.45. The summed E-state index contributed by atoms with van der Waals surface area (Å²) < 4.78 is 0. The summed E-state index contributed by atoms with van der Waals surface area (Å²) in [6.45, 7) is 4.29. The average Bonchev–Trinajstić information content (AvgIpc) is 2.01. The highest BCUT2D eigenvalue weighted by molar-refractivity contribution is 8.13. The summed E-state index contributed by atoms with van der Waals surface area (Å²) in [5.74, 6) is 0.822. The van der Waals surface area contributed by atoms with E-state index in [0.717, 1.165) is 12.2 Å². The van der Waals surface area contributed by atoms with E-state index in [1.54, 1.807) is 6.08 Å². The van der Waals surface area contributed by atoms with Gasteiger partial charge < -0.3 is 10.8 Å². The van der Waals surface area contributed by atoms with Crippen LogP contribution in [0, 0.1) is 0 Å². The van der Waals surface area contributed by atoms with Crippen molar-refractivity contribution in [3.63, 3.8) is 0 Å². The van der Waals surface area contributed by atoms with Gasteiger partial charge in [0.1, 0.15) is 0 Å². The Labute approximate surface area is 71.4 Å². The van der Waals surface area contributed by atoms with Gasteiger partial charge in [-0.25, -0.2) is 0 Å². The molecule has 0 atom stereocenters. The number of aliphatic hydroxyl groups is 1. The number of nitrogens with zero attached hydrogens (tertiary/aromatic N) is 1. The number of thioether (sulfide) groups is 1. The molecule has 0 aliphatic carbocycles. The largest absolute Gasteiger partial charge is 0.396 e. The predicted molar refractivity (Wildman–Crippen MR) is 50.8 cm³/mol. The maximum Gasteiger partial charge on any atom is 0.154 e. The number of hydrogen-bond acceptors (Lipinski definition) is 3. The third kappa shape index (κ3) is 7.42. The number of hydrogen-bond donors (Lipinski definition) is 2. The van der Waals surface area contributed by atoms with Crippen LogP contribution in [0.3, 0.4) is 0 Å². The second-order valence-electron chi connectivity index (χ2n) is 1.89. The minimum Gasteiger partial charge on any atom is -0.396 e. The predicted octanol–water partition coefficient (Wildman–Crippen LogP) is 0.603. The van der Waals surface area contributed by atoms with Crippen molar-refractivity contribution in [1.29, 1.82) is 0 Å². The molecular weight excluding hydrogens is 160 g/mol. The summed E-state index contributed by atoms with van der Waals surface area (Å²) in [5, 5.41) is 9.01. The van der Waals surface area contributed by atoms with Crippen LogP contribution in [-0.2, 0) is 0 Å². The SMILES string of the molecule is C=CCN=C(N)SCCCO. The smallest absolute Gasteiger partial charge is 0.154 e. The molecule has 0 saturated carbocycles. The molecule has 0 aliphatic heterocycles. The van der Waals surface area contributed by atoms with Gasteiger partial charge in [-0.2, -0.15) is 0 Å². The molecule has 0 aromatic rings. The molecular formula is C7H14N2OS. The zero-order valence-corrected chi connectivity index (χ0v) is 7.31. The molecule has 3 N–H and O–H groups in total. The van der Waals surface area contributed by atoms with E-state index in [4.69, 9.17) is 10.8 Å². The van der Waals surface area contributed by atoms with Crippen molar-refractivity contribution in [3.05, 3.63) is 12.7 Å². The first-order chi connectivity index (χ1) is 5.31. The minimum atomic E-state index is 0.210. The molecule has 11 heavy (non-hydrogen) atoms. The minimum absolute atomic E-state index is 0.210. The van der Waals surface area contributed by atoms with E-state index in [9.17, 15) is 0 Å². The Bertz CT molecular complexity index is 136. The van der Waals surface area contributed by atoms with E-state index in [1.807, 2.05) is 0 Å². The number of amidine groups is 1. The number of aliphatic hydroxyl groups excluding tert-OH is 1. The Kier molecular flexibility index (Phi) is 7.29. The van der Waals surface area contributed by atoms with E-state index in [-0.39, 0.29) is 6.61 Å². The van der Waals surface area contributed by atoms with E-state index < -0.39 is 0 Å². The number of aliphatic imine (C=N–C) groups is 1. The molecule has 0 radical (unpaired) electrons. The van der Waals surface area contributed by atoms with Crippen LogP contribution >= 0.6 is 11.8 Å². The van der Waals surface area contributed by atoms with Crippen molar-refractivity contribution in [3.8, 4) is 0 Å². The van der Waals surface area contributed by atoms with Crippen LogP contribution in [0.25, 0.3) is 0 Å². The van der Waals surface area contributed by atoms with Gasteiger partial charge in [0.15, 0.2) is 5.17 Å². The van der Waals surface area contributed by atoms with Crippen LogP contribution in [0.2, 0.25) is 0 Å². The number of rotatable bonds is 5. The molecule has 64 valence electrons. The quantitative estimate of drug-likeness (QED) is 0.278. The molecule has 0 heterocycles. The third-order valence-corrected chi connectivity index (χ3v) is 1.85. The van der Waals surface area contributed by atoms with Gasteiger partial charge in [0, 0.05) is 12.4 Å². The number of nitrogens with two attached hydrogens (primary N) is 1. The molecule has 0 bridgehead atoms. The molecule has 3 nitrogen and oxygen atoms in total. The Hall–Kier alpha value is -0.480. The van der Waals surface area contributed by atoms with Gasteiger partial charge in [0.25, 0.3) is 0 Å². The fraction of sp³-hybridized carbons (Fsp3) is 0.571. The molecule has 4 heteroatoms. The first kappa shape index (κ1) is 10.5. The van der Waals surface area contributed by atoms with E-state index >= 15 is 0 Å². The fourth-order valence-electron chi connectivity index (χ4n) is 0.441. The first-order valence-corrected chi connectivity index (χ1v) is 4.44. The first-order valence-electron chi connectivity index (χ1n) is 3.45. The lowest BCUT2D eigenvalue weighted by atomic mass is 10.5. The highest BCUT2D eigenvalue weighted by atomic mass is 32.2. The second kappa shape index (κ2) is 7.63. The van der Waals surface area contributed by atoms with Crippen molar-refractivity contribution in [2.45, 2.75) is 6.42 Å². The monoisotopic (exact) mass is 174 g/mol. The van der Waals surface area contributed by atoms with Crippen LogP contribution in [0.4, 0.5) is 0 Å². The molecule has 0 aromatic carbocycles. The maximum absolute atomic E-state index is 8.45. The summed E-state index contributed by atoms with van der Waals surface area (Å²) in [6, 6.07) is 0. The highest BCUT2D eigenvalue weighted by Crippen LogP contribution is 2.01. The lowest BCUT2D eigenvalue weighted by molar-refractivity contribution is 0.296. The zero-order valence-electron chi connectivity index (χ0n) is 6.49.